The van der Waals surface area contributed by atoms with Gasteiger partial charge in [0.15, 0.2) is 17.1 Å². The number of halogens is 3. The van der Waals surface area contributed by atoms with Gasteiger partial charge in [0, 0.05) is 5.56 Å². The van der Waals surface area contributed by atoms with Gasteiger partial charge >= 0.3 is 12.1 Å². The number of carbonyl (C=O) groups excluding carboxylic acids is 1. The molecule has 158 valence electrons. The zero-order valence-corrected chi connectivity index (χ0v) is 16.2. The monoisotopic (exact) mass is 421 g/mol. The first-order chi connectivity index (χ1) is 14.3. The Balaban J connectivity index is 1.89. The molecule has 3 heterocycles. The molecule has 7 nitrogen and oxygen atoms in total. The number of hydrogen-bond acceptors (Lipinski definition) is 6. The van der Waals surface area contributed by atoms with Gasteiger partial charge in [-0.2, -0.15) is 18.3 Å². The maximum Gasteiger partial charge on any atom is 0.417 e. The molecule has 1 aliphatic heterocycles. The van der Waals surface area contributed by atoms with Crippen molar-refractivity contribution in [3.05, 3.63) is 35.5 Å². The summed E-state index contributed by atoms with van der Waals surface area (Å²) in [5.74, 6) is 0.345. The van der Waals surface area contributed by atoms with E-state index >= 15 is 0 Å². The Morgan fingerprint density at radius 2 is 1.93 bits per heavy atom. The molecule has 4 rings (SSSR count). The fourth-order valence-corrected chi connectivity index (χ4v) is 3.37. The molecule has 0 radical (unpaired) electrons. The highest BCUT2D eigenvalue weighted by molar-refractivity contribution is 5.87. The van der Waals surface area contributed by atoms with E-state index in [2.05, 4.69) is 10.1 Å². The first-order valence-electron chi connectivity index (χ1n) is 9.29. The molecule has 0 amide bonds. The minimum Gasteiger partial charge on any atom is -0.486 e. The highest BCUT2D eigenvalue weighted by Gasteiger charge is 2.36. The van der Waals surface area contributed by atoms with Crippen LogP contribution in [0.5, 0.6) is 11.5 Å². The number of esters is 1. The Labute approximate surface area is 169 Å². The number of benzene rings is 1. The Bertz CT molecular complexity index is 1120. The Kier molecular flexibility index (Phi) is 5.00. The van der Waals surface area contributed by atoms with Gasteiger partial charge in [-0.15, -0.1) is 0 Å². The van der Waals surface area contributed by atoms with Gasteiger partial charge in [-0.3, -0.25) is 4.79 Å². The summed E-state index contributed by atoms with van der Waals surface area (Å²) < 4.78 is 58.6. The average molecular weight is 421 g/mol. The second-order valence-electron chi connectivity index (χ2n) is 6.66. The third-order valence-electron chi connectivity index (χ3n) is 4.60. The van der Waals surface area contributed by atoms with Crippen LogP contribution in [0.25, 0.3) is 22.3 Å². The SMILES string of the molecule is CCOC(=O)Cn1nc(C)c2c(C(F)(F)F)cc(-c3ccc4c(c3)OCCO4)nc21. The molecule has 10 heteroatoms. The molecule has 0 atom stereocenters. The van der Waals surface area contributed by atoms with Crippen molar-refractivity contribution in [2.75, 3.05) is 19.8 Å². The van der Waals surface area contributed by atoms with Crippen LogP contribution < -0.4 is 9.47 Å². The molecule has 3 aromatic rings. The molecule has 0 fully saturated rings. The van der Waals surface area contributed by atoms with E-state index in [1.165, 1.54) is 6.92 Å². The number of aryl methyl sites for hydroxylation is 1. The quantitative estimate of drug-likeness (QED) is 0.597. The summed E-state index contributed by atoms with van der Waals surface area (Å²) in [5, 5.41) is 3.95. The van der Waals surface area contributed by atoms with Gasteiger partial charge in [0.05, 0.1) is 28.9 Å². The second-order valence-corrected chi connectivity index (χ2v) is 6.66. The number of ether oxygens (including phenoxy) is 3. The Morgan fingerprint density at radius 3 is 2.63 bits per heavy atom. The zero-order valence-electron chi connectivity index (χ0n) is 16.2. The summed E-state index contributed by atoms with van der Waals surface area (Å²) in [6.45, 7) is 3.66. The number of fused-ring (bicyclic) bond motifs is 2. The van der Waals surface area contributed by atoms with Crippen molar-refractivity contribution in [1.82, 2.24) is 14.8 Å². The number of nitrogens with zero attached hydrogens (tertiary/aromatic N) is 3. The van der Waals surface area contributed by atoms with Crippen LogP contribution in [-0.2, 0) is 22.3 Å². The summed E-state index contributed by atoms with van der Waals surface area (Å²) in [4.78, 5) is 16.3. The smallest absolute Gasteiger partial charge is 0.417 e. The van der Waals surface area contributed by atoms with E-state index < -0.39 is 17.7 Å². The maximum atomic E-state index is 13.9. The highest BCUT2D eigenvalue weighted by Crippen LogP contribution is 2.40. The Hall–Kier alpha value is -3.30. The number of aromatic nitrogens is 3. The van der Waals surface area contributed by atoms with Gasteiger partial charge in [0.1, 0.15) is 19.8 Å². The number of hydrogen-bond donors (Lipinski definition) is 0. The Morgan fingerprint density at radius 1 is 1.20 bits per heavy atom. The molecule has 0 saturated carbocycles. The van der Waals surface area contributed by atoms with Gasteiger partial charge in [-0.05, 0) is 38.1 Å². The third-order valence-corrected chi connectivity index (χ3v) is 4.60. The molecule has 0 aliphatic carbocycles. The molecule has 0 N–H and O–H groups in total. The van der Waals surface area contributed by atoms with E-state index in [-0.39, 0.29) is 35.6 Å². The molecule has 0 bridgehead atoms. The predicted octanol–water partition coefficient (Wildman–Crippen LogP) is 3.76. The third kappa shape index (κ3) is 3.64. The van der Waals surface area contributed by atoms with E-state index in [0.29, 0.717) is 30.3 Å². The normalized spacial score (nSPS) is 13.5. The summed E-state index contributed by atoms with van der Waals surface area (Å²) in [6, 6.07) is 5.81. The lowest BCUT2D eigenvalue weighted by molar-refractivity contribution is -0.144. The van der Waals surface area contributed by atoms with Crippen LogP contribution in [-0.4, -0.2) is 40.6 Å². The van der Waals surface area contributed by atoms with E-state index in [0.717, 1.165) is 10.7 Å². The van der Waals surface area contributed by atoms with E-state index in [1.807, 2.05) is 0 Å². The number of pyridine rings is 1. The molecular weight excluding hydrogens is 403 g/mol. The van der Waals surface area contributed by atoms with Crippen molar-refractivity contribution in [2.24, 2.45) is 0 Å². The van der Waals surface area contributed by atoms with Crippen LogP contribution in [0.2, 0.25) is 0 Å². The topological polar surface area (TPSA) is 75.5 Å². The molecule has 0 spiro atoms. The molecule has 0 saturated heterocycles. The second kappa shape index (κ2) is 7.51. The molecular formula is C20H18F3N3O4. The molecule has 2 aromatic heterocycles. The van der Waals surface area contributed by atoms with Crippen molar-refractivity contribution < 1.29 is 32.2 Å². The average Bonchev–Trinajstić information content (AvgIpc) is 3.01. The lowest BCUT2D eigenvalue weighted by Gasteiger charge is -2.19. The van der Waals surface area contributed by atoms with Gasteiger partial charge in [-0.25, -0.2) is 9.67 Å². The first kappa shape index (κ1) is 20.0. The van der Waals surface area contributed by atoms with E-state index in [9.17, 15) is 18.0 Å². The lowest BCUT2D eigenvalue weighted by atomic mass is 10.0. The van der Waals surface area contributed by atoms with Crippen LogP contribution in [0.3, 0.4) is 0 Å². The van der Waals surface area contributed by atoms with Gasteiger partial charge in [0.25, 0.3) is 0 Å². The lowest BCUT2D eigenvalue weighted by Crippen LogP contribution is -2.15. The molecule has 0 unspecified atom stereocenters. The predicted molar refractivity (Wildman–Crippen MR) is 100 cm³/mol. The molecule has 30 heavy (non-hydrogen) atoms. The van der Waals surface area contributed by atoms with Crippen LogP contribution in [0.4, 0.5) is 13.2 Å². The van der Waals surface area contributed by atoms with E-state index in [1.54, 1.807) is 25.1 Å². The fraction of sp³-hybridized carbons (Fsp3) is 0.350. The molecule has 1 aliphatic rings. The van der Waals surface area contributed by atoms with Crippen molar-refractivity contribution in [3.63, 3.8) is 0 Å². The summed E-state index contributed by atoms with van der Waals surface area (Å²) in [5.41, 5.74) is -0.280. The minimum atomic E-state index is -4.63. The van der Waals surface area contributed by atoms with Crippen LogP contribution in [0.1, 0.15) is 18.2 Å². The fourth-order valence-electron chi connectivity index (χ4n) is 3.37. The van der Waals surface area contributed by atoms with Gasteiger partial charge in [0.2, 0.25) is 0 Å². The minimum absolute atomic E-state index is 0.0414. The van der Waals surface area contributed by atoms with Crippen LogP contribution in [0, 0.1) is 6.92 Å². The zero-order chi connectivity index (χ0) is 21.5. The summed E-state index contributed by atoms with van der Waals surface area (Å²) >= 11 is 0. The van der Waals surface area contributed by atoms with Crippen molar-refractivity contribution >= 4 is 17.0 Å². The van der Waals surface area contributed by atoms with Crippen LogP contribution >= 0.6 is 0 Å². The van der Waals surface area contributed by atoms with Crippen molar-refractivity contribution in [3.8, 4) is 22.8 Å². The maximum absolute atomic E-state index is 13.9. The van der Waals surface area contributed by atoms with Gasteiger partial charge in [-0.1, -0.05) is 0 Å². The number of alkyl halides is 3. The summed E-state index contributed by atoms with van der Waals surface area (Å²) in [7, 11) is 0. The summed E-state index contributed by atoms with van der Waals surface area (Å²) in [6.07, 6.45) is -4.63. The number of rotatable bonds is 4. The van der Waals surface area contributed by atoms with Crippen molar-refractivity contribution in [2.45, 2.75) is 26.6 Å². The first-order valence-corrected chi connectivity index (χ1v) is 9.29. The van der Waals surface area contributed by atoms with Crippen LogP contribution in [0.15, 0.2) is 24.3 Å². The van der Waals surface area contributed by atoms with E-state index in [4.69, 9.17) is 14.2 Å². The number of carbonyl (C=O) groups is 1. The molecule has 1 aromatic carbocycles. The van der Waals surface area contributed by atoms with Crippen molar-refractivity contribution in [1.29, 1.82) is 0 Å². The highest BCUT2D eigenvalue weighted by atomic mass is 19.4. The standard InChI is InChI=1S/C20H18F3N3O4/c1-3-28-17(27)10-26-19-18(11(2)25-26)13(20(21,22)23)9-14(24-19)12-4-5-15-16(8-12)30-7-6-29-15/h4-5,8-9H,3,6-7,10H2,1-2H3. The largest absolute Gasteiger partial charge is 0.486 e. The van der Waals surface area contributed by atoms with Gasteiger partial charge < -0.3 is 14.2 Å².